The van der Waals surface area contributed by atoms with Crippen molar-refractivity contribution >= 4 is 18.4 Å². The van der Waals surface area contributed by atoms with Gasteiger partial charge in [-0.1, -0.05) is 0 Å². The van der Waals surface area contributed by atoms with E-state index in [0.29, 0.717) is 0 Å². The fourth-order valence-corrected chi connectivity index (χ4v) is 2.33. The summed E-state index contributed by atoms with van der Waals surface area (Å²) in [4.78, 5) is 41.5. The van der Waals surface area contributed by atoms with Crippen molar-refractivity contribution in [3.63, 3.8) is 0 Å². The van der Waals surface area contributed by atoms with Gasteiger partial charge >= 0.3 is 11.7 Å². The first-order chi connectivity index (χ1) is 11.3. The fraction of sp³-hybridized carbons (Fsp3) is 0.500. The van der Waals surface area contributed by atoms with Gasteiger partial charge in [0.05, 0.1) is 6.61 Å². The SMILES string of the molecule is C=NCN(C(N)=O)c1cn([C@@H]2O[C@H](CO)[C@@H](O)[C@H]2O)c(=O)[nH]c1=O. The van der Waals surface area contributed by atoms with Crippen LogP contribution in [0.4, 0.5) is 10.5 Å². The number of H-pyrrole nitrogens is 1. The minimum absolute atomic E-state index is 0.327. The van der Waals surface area contributed by atoms with Crippen LogP contribution in [0.1, 0.15) is 6.23 Å². The van der Waals surface area contributed by atoms with Crippen molar-refractivity contribution in [2.75, 3.05) is 18.2 Å². The molecule has 132 valence electrons. The van der Waals surface area contributed by atoms with Gasteiger partial charge < -0.3 is 25.8 Å². The molecule has 0 bridgehead atoms. The summed E-state index contributed by atoms with van der Waals surface area (Å²) in [6, 6.07) is -1.01. The van der Waals surface area contributed by atoms with E-state index in [-0.39, 0.29) is 12.4 Å². The van der Waals surface area contributed by atoms with Gasteiger partial charge in [-0.2, -0.15) is 0 Å². The summed E-state index contributed by atoms with van der Waals surface area (Å²) in [5, 5.41) is 28.8. The lowest BCUT2D eigenvalue weighted by atomic mass is 10.1. The maximum Gasteiger partial charge on any atom is 0.330 e. The van der Waals surface area contributed by atoms with Crippen LogP contribution in [0.3, 0.4) is 0 Å². The molecule has 0 saturated carbocycles. The molecule has 6 N–H and O–H groups in total. The maximum absolute atomic E-state index is 12.0. The minimum Gasteiger partial charge on any atom is -0.394 e. The molecule has 0 unspecified atom stereocenters. The van der Waals surface area contributed by atoms with Gasteiger partial charge in [-0.05, 0) is 6.72 Å². The van der Waals surface area contributed by atoms with Gasteiger partial charge in [0, 0.05) is 6.20 Å². The summed E-state index contributed by atoms with van der Waals surface area (Å²) < 4.78 is 5.99. The van der Waals surface area contributed by atoms with Crippen LogP contribution in [0.25, 0.3) is 0 Å². The van der Waals surface area contributed by atoms with Crippen LogP contribution in [0.2, 0.25) is 0 Å². The smallest absolute Gasteiger partial charge is 0.330 e. The van der Waals surface area contributed by atoms with Crippen molar-refractivity contribution < 1.29 is 24.9 Å². The molecule has 2 rings (SSSR count). The molecule has 12 heteroatoms. The molecule has 4 atom stereocenters. The van der Waals surface area contributed by atoms with E-state index < -0.39 is 48.4 Å². The molecule has 1 fully saturated rings. The number of nitrogens with two attached hydrogens (primary N) is 1. The number of aromatic amines is 1. The number of rotatable bonds is 5. The van der Waals surface area contributed by atoms with Crippen LogP contribution >= 0.6 is 0 Å². The third-order valence-corrected chi connectivity index (χ3v) is 3.54. The molecule has 2 heterocycles. The van der Waals surface area contributed by atoms with Crippen molar-refractivity contribution in [2.45, 2.75) is 24.5 Å². The van der Waals surface area contributed by atoms with Crippen LogP contribution in [-0.4, -0.2) is 69.2 Å². The molecule has 1 aromatic heterocycles. The van der Waals surface area contributed by atoms with Crippen LogP contribution in [0.5, 0.6) is 0 Å². The second-order valence-electron chi connectivity index (χ2n) is 5.04. The number of carbonyl (C=O) groups excluding carboxylic acids is 1. The van der Waals surface area contributed by atoms with Crippen LogP contribution in [0.15, 0.2) is 20.8 Å². The summed E-state index contributed by atoms with van der Waals surface area (Å²) in [6.07, 6.45) is -4.54. The molecule has 0 aromatic carbocycles. The summed E-state index contributed by atoms with van der Waals surface area (Å²) >= 11 is 0. The Balaban J connectivity index is 2.51. The number of hydrogen-bond acceptors (Lipinski definition) is 8. The lowest BCUT2D eigenvalue weighted by Gasteiger charge is -2.21. The van der Waals surface area contributed by atoms with Gasteiger partial charge in [0.1, 0.15) is 30.7 Å². The monoisotopic (exact) mass is 343 g/mol. The Morgan fingerprint density at radius 1 is 1.46 bits per heavy atom. The molecule has 0 aliphatic carbocycles. The highest BCUT2D eigenvalue weighted by molar-refractivity contribution is 5.90. The second kappa shape index (κ2) is 6.92. The fourth-order valence-electron chi connectivity index (χ4n) is 2.33. The van der Waals surface area contributed by atoms with Gasteiger partial charge in [0.2, 0.25) is 0 Å². The number of nitrogens with zero attached hydrogens (tertiary/aromatic N) is 3. The van der Waals surface area contributed by atoms with E-state index in [1.165, 1.54) is 0 Å². The second-order valence-corrected chi connectivity index (χ2v) is 5.04. The normalized spacial score (nSPS) is 26.3. The Hall–Kier alpha value is -2.54. The Morgan fingerprint density at radius 3 is 2.62 bits per heavy atom. The third kappa shape index (κ3) is 3.07. The number of ether oxygens (including phenoxy) is 1. The number of anilines is 1. The zero-order chi connectivity index (χ0) is 18.0. The summed E-state index contributed by atoms with van der Waals surface area (Å²) in [5.41, 5.74) is 2.98. The molecule has 1 aliphatic heterocycles. The maximum atomic E-state index is 12.0. The van der Waals surface area contributed by atoms with E-state index >= 15 is 0 Å². The van der Waals surface area contributed by atoms with Crippen LogP contribution in [-0.2, 0) is 4.74 Å². The predicted octanol–water partition coefficient (Wildman–Crippen LogP) is -3.31. The summed E-state index contributed by atoms with van der Waals surface area (Å²) in [5.74, 6) is 0. The number of hydrogen-bond donors (Lipinski definition) is 5. The Morgan fingerprint density at radius 2 is 2.12 bits per heavy atom. The highest BCUT2D eigenvalue weighted by Crippen LogP contribution is 2.28. The lowest BCUT2D eigenvalue weighted by molar-refractivity contribution is -0.0549. The van der Waals surface area contributed by atoms with Gasteiger partial charge in [-0.3, -0.25) is 24.2 Å². The number of primary amides is 1. The van der Waals surface area contributed by atoms with E-state index in [1.807, 2.05) is 4.98 Å². The van der Waals surface area contributed by atoms with Gasteiger partial charge in [0.25, 0.3) is 5.56 Å². The first-order valence-corrected chi connectivity index (χ1v) is 6.79. The zero-order valence-corrected chi connectivity index (χ0v) is 12.4. The first kappa shape index (κ1) is 17.8. The Labute approximate surface area is 134 Å². The summed E-state index contributed by atoms with van der Waals surface area (Å²) in [7, 11) is 0. The zero-order valence-electron chi connectivity index (χ0n) is 12.4. The van der Waals surface area contributed by atoms with Crippen molar-refractivity contribution in [1.29, 1.82) is 0 Å². The van der Waals surface area contributed by atoms with Crippen LogP contribution in [0, 0.1) is 0 Å². The molecule has 0 spiro atoms. The number of aliphatic imine (C=N–C) groups is 1. The van der Waals surface area contributed by atoms with Gasteiger partial charge in [-0.15, -0.1) is 0 Å². The van der Waals surface area contributed by atoms with Crippen LogP contribution < -0.4 is 21.9 Å². The number of nitrogens with one attached hydrogen (secondary N) is 1. The number of urea groups is 1. The van der Waals surface area contributed by atoms with E-state index in [1.54, 1.807) is 0 Å². The van der Waals surface area contributed by atoms with Gasteiger partial charge in [-0.25, -0.2) is 9.59 Å². The van der Waals surface area contributed by atoms with Crippen molar-refractivity contribution in [3.05, 3.63) is 27.0 Å². The third-order valence-electron chi connectivity index (χ3n) is 3.54. The lowest BCUT2D eigenvalue weighted by Crippen LogP contribution is -2.43. The predicted molar refractivity (Wildman–Crippen MR) is 80.8 cm³/mol. The molecule has 1 saturated heterocycles. The van der Waals surface area contributed by atoms with Gasteiger partial charge in [0.15, 0.2) is 6.23 Å². The highest BCUT2D eigenvalue weighted by Gasteiger charge is 2.44. The topological polar surface area (TPSA) is 183 Å². The molecular formula is C12H17N5O7. The van der Waals surface area contributed by atoms with E-state index in [2.05, 4.69) is 11.7 Å². The average molecular weight is 343 g/mol. The molecule has 24 heavy (non-hydrogen) atoms. The number of aliphatic hydroxyl groups is 3. The molecule has 1 aliphatic rings. The first-order valence-electron chi connectivity index (χ1n) is 6.79. The average Bonchev–Trinajstić information content (AvgIpc) is 2.81. The molecule has 1 aromatic rings. The number of carbonyl (C=O) groups is 1. The van der Waals surface area contributed by atoms with Crippen molar-refractivity contribution in [1.82, 2.24) is 9.55 Å². The molecule has 12 nitrogen and oxygen atoms in total. The Kier molecular flexibility index (Phi) is 5.14. The molecule has 2 amide bonds. The van der Waals surface area contributed by atoms with E-state index in [0.717, 1.165) is 15.7 Å². The molecule has 0 radical (unpaired) electrons. The number of aromatic nitrogens is 2. The number of amides is 2. The Bertz CT molecular complexity index is 744. The number of aliphatic hydroxyl groups excluding tert-OH is 3. The van der Waals surface area contributed by atoms with E-state index in [9.17, 15) is 24.6 Å². The van der Waals surface area contributed by atoms with Crippen molar-refractivity contribution in [2.24, 2.45) is 10.7 Å². The van der Waals surface area contributed by atoms with E-state index in [4.69, 9.17) is 15.6 Å². The highest BCUT2D eigenvalue weighted by atomic mass is 16.6. The standard InChI is InChI=1S/C12H17N5O7/c1-14-4-17(11(13)22)5-2-16(12(23)15-9(5)21)10-8(20)7(19)6(3-18)24-10/h2,6-8,10,18-20H,1,3-4H2,(H2,13,22)(H,15,21,23)/t6-,7-,8-,10-/m1/s1. The molecular weight excluding hydrogens is 326 g/mol. The quantitative estimate of drug-likeness (QED) is 0.346. The van der Waals surface area contributed by atoms with Crippen molar-refractivity contribution in [3.8, 4) is 0 Å². The summed E-state index contributed by atoms with van der Waals surface area (Å²) in [6.45, 7) is 2.26. The minimum atomic E-state index is -1.54. The largest absolute Gasteiger partial charge is 0.394 e.